The lowest BCUT2D eigenvalue weighted by Crippen LogP contribution is -2.51. The van der Waals surface area contributed by atoms with E-state index < -0.39 is 0 Å². The molecule has 0 atom stereocenters. The van der Waals surface area contributed by atoms with Crippen LogP contribution in [0.1, 0.15) is 37.2 Å². The van der Waals surface area contributed by atoms with Crippen molar-refractivity contribution in [3.63, 3.8) is 0 Å². The van der Waals surface area contributed by atoms with Crippen LogP contribution < -0.4 is 0 Å². The Morgan fingerprint density at radius 1 is 1.03 bits per heavy atom. The second-order valence-electron chi connectivity index (χ2n) is 8.13. The summed E-state index contributed by atoms with van der Waals surface area (Å²) in [5, 5.41) is 0. The number of carbonyl (C=O) groups excluding carboxylic acids is 3. The summed E-state index contributed by atoms with van der Waals surface area (Å²) < 4.78 is 0. The van der Waals surface area contributed by atoms with Crippen LogP contribution in [0.15, 0.2) is 42.0 Å². The van der Waals surface area contributed by atoms with Crippen molar-refractivity contribution in [2.24, 2.45) is 0 Å². The molecule has 29 heavy (non-hydrogen) atoms. The van der Waals surface area contributed by atoms with Gasteiger partial charge >= 0.3 is 6.03 Å². The number of nitrogens with zero attached hydrogens (tertiary/aromatic N) is 3. The number of urea groups is 1. The summed E-state index contributed by atoms with van der Waals surface area (Å²) in [6.07, 6.45) is 4.33. The molecule has 1 aliphatic heterocycles. The van der Waals surface area contributed by atoms with E-state index in [0.717, 1.165) is 51.1 Å². The monoisotopic (exact) mass is 397 g/mol. The van der Waals surface area contributed by atoms with Gasteiger partial charge in [0.25, 0.3) is 0 Å². The van der Waals surface area contributed by atoms with E-state index in [9.17, 15) is 14.4 Å². The number of carbonyl (C=O) groups is 3. The Balaban J connectivity index is 1.43. The average molecular weight is 398 g/mol. The zero-order chi connectivity index (χ0) is 20.8. The second-order valence-corrected chi connectivity index (χ2v) is 8.13. The first-order chi connectivity index (χ1) is 14.0. The van der Waals surface area contributed by atoms with Crippen molar-refractivity contribution in [3.8, 4) is 0 Å². The van der Waals surface area contributed by atoms with Gasteiger partial charge in [0.2, 0.25) is 0 Å². The molecule has 1 saturated heterocycles. The number of unbranched alkanes of at least 4 members (excludes halogenated alkanes) is 1. The van der Waals surface area contributed by atoms with Crippen LogP contribution in [0.5, 0.6) is 0 Å². The van der Waals surface area contributed by atoms with Crippen LogP contribution in [0.3, 0.4) is 0 Å². The minimum absolute atomic E-state index is 0.00882. The molecule has 6 heteroatoms. The van der Waals surface area contributed by atoms with Gasteiger partial charge in [0.05, 0.1) is 5.57 Å². The van der Waals surface area contributed by atoms with Crippen LogP contribution in [0.4, 0.5) is 4.79 Å². The van der Waals surface area contributed by atoms with Gasteiger partial charge in [0, 0.05) is 53.1 Å². The molecule has 1 aliphatic carbocycles. The molecule has 2 amide bonds. The zero-order valence-electron chi connectivity index (χ0n) is 17.5. The summed E-state index contributed by atoms with van der Waals surface area (Å²) in [6, 6.07) is 9.90. The number of amides is 2. The summed E-state index contributed by atoms with van der Waals surface area (Å²) in [5.74, 6) is -0.0358. The minimum atomic E-state index is -0.0223. The number of allylic oxidation sites excluding steroid dienone is 2. The normalized spacial score (nSPS) is 20.7. The van der Waals surface area contributed by atoms with Crippen LogP contribution in [-0.2, 0) is 9.59 Å². The number of piperazine rings is 1. The summed E-state index contributed by atoms with van der Waals surface area (Å²) >= 11 is 0. The van der Waals surface area contributed by atoms with Gasteiger partial charge in [-0.3, -0.25) is 14.5 Å². The second kappa shape index (κ2) is 9.83. The number of hydrogen-bond donors (Lipinski definition) is 0. The first kappa shape index (κ1) is 21.2. The van der Waals surface area contributed by atoms with Crippen LogP contribution in [0, 0.1) is 0 Å². The molecule has 1 saturated carbocycles. The molecule has 1 aromatic rings. The molecule has 0 aromatic heterocycles. The number of Topliss-reactive ketones (excluding diaryl/α,β-unsaturated/α-hetero) is 2. The number of hydrogen-bond acceptors (Lipinski definition) is 4. The number of benzene rings is 1. The van der Waals surface area contributed by atoms with E-state index in [1.165, 1.54) is 0 Å². The highest BCUT2D eigenvalue weighted by Crippen LogP contribution is 2.31. The SMILES string of the molecule is CN(C)C(=O)N1CCN(CCCC=C2C(=O)CC(c3ccccc3)CC2=O)CC1. The maximum Gasteiger partial charge on any atom is 0.319 e. The van der Waals surface area contributed by atoms with Gasteiger partial charge in [-0.25, -0.2) is 4.79 Å². The Hall–Kier alpha value is -2.47. The Kier molecular flexibility index (Phi) is 7.20. The van der Waals surface area contributed by atoms with Crippen molar-refractivity contribution in [2.45, 2.75) is 31.6 Å². The Morgan fingerprint density at radius 2 is 1.66 bits per heavy atom. The zero-order valence-corrected chi connectivity index (χ0v) is 17.5. The fourth-order valence-corrected chi connectivity index (χ4v) is 4.09. The Labute approximate surface area is 173 Å². The van der Waals surface area contributed by atoms with Gasteiger partial charge in [-0.2, -0.15) is 0 Å². The minimum Gasteiger partial charge on any atom is -0.331 e. The number of rotatable bonds is 5. The van der Waals surface area contributed by atoms with Crippen molar-refractivity contribution < 1.29 is 14.4 Å². The van der Waals surface area contributed by atoms with Crippen LogP contribution in [0.2, 0.25) is 0 Å². The van der Waals surface area contributed by atoms with E-state index in [1.54, 1.807) is 19.0 Å². The molecular weight excluding hydrogens is 366 g/mol. The van der Waals surface area contributed by atoms with Crippen molar-refractivity contribution in [1.29, 1.82) is 0 Å². The Morgan fingerprint density at radius 3 is 2.24 bits per heavy atom. The fraction of sp³-hybridized carbons (Fsp3) is 0.522. The Bertz CT molecular complexity index is 745. The molecule has 156 valence electrons. The molecule has 0 unspecified atom stereocenters. The van der Waals surface area contributed by atoms with E-state index in [1.807, 2.05) is 41.3 Å². The van der Waals surface area contributed by atoms with Crippen molar-refractivity contribution in [1.82, 2.24) is 14.7 Å². The molecule has 0 N–H and O–H groups in total. The van der Waals surface area contributed by atoms with E-state index >= 15 is 0 Å². The highest BCUT2D eigenvalue weighted by Gasteiger charge is 2.30. The molecule has 0 radical (unpaired) electrons. The van der Waals surface area contributed by atoms with E-state index in [4.69, 9.17) is 0 Å². The lowest BCUT2D eigenvalue weighted by molar-refractivity contribution is -0.124. The molecule has 2 aliphatic rings. The third-order valence-corrected chi connectivity index (χ3v) is 5.79. The van der Waals surface area contributed by atoms with Gasteiger partial charge in [0.15, 0.2) is 11.6 Å². The highest BCUT2D eigenvalue weighted by molar-refractivity contribution is 6.22. The molecule has 1 aromatic carbocycles. The summed E-state index contributed by atoms with van der Waals surface area (Å²) in [5.41, 5.74) is 1.47. The van der Waals surface area contributed by atoms with Gasteiger partial charge in [0.1, 0.15) is 0 Å². The highest BCUT2D eigenvalue weighted by atomic mass is 16.2. The standard InChI is InChI=1S/C23H31N3O3/c1-24(2)23(29)26-14-12-25(13-15-26)11-7-6-10-20-21(27)16-19(17-22(20)28)18-8-4-3-5-9-18/h3-5,8-10,19H,6-7,11-17H2,1-2H3. The lowest BCUT2D eigenvalue weighted by Gasteiger charge is -2.35. The van der Waals surface area contributed by atoms with E-state index in [-0.39, 0.29) is 23.5 Å². The van der Waals surface area contributed by atoms with Crippen molar-refractivity contribution >= 4 is 17.6 Å². The third-order valence-electron chi connectivity index (χ3n) is 5.79. The van der Waals surface area contributed by atoms with E-state index in [2.05, 4.69) is 4.90 Å². The molecule has 1 heterocycles. The predicted octanol–water partition coefficient (Wildman–Crippen LogP) is 2.71. The van der Waals surface area contributed by atoms with Crippen LogP contribution in [0.25, 0.3) is 0 Å². The summed E-state index contributed by atoms with van der Waals surface area (Å²) in [7, 11) is 3.55. The molecular formula is C23H31N3O3. The molecule has 0 spiro atoms. The quantitative estimate of drug-likeness (QED) is 0.435. The maximum atomic E-state index is 12.5. The molecule has 0 bridgehead atoms. The van der Waals surface area contributed by atoms with E-state index in [0.29, 0.717) is 18.4 Å². The largest absolute Gasteiger partial charge is 0.331 e. The smallest absolute Gasteiger partial charge is 0.319 e. The summed E-state index contributed by atoms with van der Waals surface area (Å²) in [6.45, 7) is 4.15. The van der Waals surface area contributed by atoms with Crippen LogP contribution in [-0.4, -0.2) is 79.1 Å². The van der Waals surface area contributed by atoms with Gasteiger partial charge in [-0.1, -0.05) is 36.4 Å². The van der Waals surface area contributed by atoms with Crippen molar-refractivity contribution in [2.75, 3.05) is 46.8 Å². The average Bonchev–Trinajstić information content (AvgIpc) is 2.73. The first-order valence-corrected chi connectivity index (χ1v) is 10.5. The van der Waals surface area contributed by atoms with Gasteiger partial charge < -0.3 is 9.80 Å². The summed E-state index contributed by atoms with van der Waals surface area (Å²) in [4.78, 5) is 42.8. The van der Waals surface area contributed by atoms with Gasteiger partial charge in [-0.15, -0.1) is 0 Å². The molecule has 2 fully saturated rings. The van der Waals surface area contributed by atoms with Crippen LogP contribution >= 0.6 is 0 Å². The molecule has 6 nitrogen and oxygen atoms in total. The third kappa shape index (κ3) is 5.54. The van der Waals surface area contributed by atoms with Crippen molar-refractivity contribution in [3.05, 3.63) is 47.5 Å². The fourth-order valence-electron chi connectivity index (χ4n) is 4.09. The lowest BCUT2D eigenvalue weighted by atomic mass is 9.79. The maximum absolute atomic E-state index is 12.5. The first-order valence-electron chi connectivity index (χ1n) is 10.5. The topological polar surface area (TPSA) is 60.9 Å². The van der Waals surface area contributed by atoms with Gasteiger partial charge in [-0.05, 0) is 30.9 Å². The predicted molar refractivity (Wildman–Crippen MR) is 113 cm³/mol. The molecule has 3 rings (SSSR count). The number of ketones is 2.